The first-order chi connectivity index (χ1) is 12.4. The van der Waals surface area contributed by atoms with Gasteiger partial charge in [-0.2, -0.15) is 0 Å². The predicted molar refractivity (Wildman–Crippen MR) is 104 cm³/mol. The molecule has 1 nitrogen and oxygen atoms in total. The molecule has 0 radical (unpaired) electrons. The Bertz CT molecular complexity index is 875. The number of fused-ring (bicyclic) bond motifs is 1. The fourth-order valence-electron chi connectivity index (χ4n) is 4.15. The Hall–Kier alpha value is -1.65. The van der Waals surface area contributed by atoms with E-state index in [1.54, 1.807) is 11.8 Å². The molecule has 0 N–H and O–H groups in total. The number of hydrogen-bond acceptors (Lipinski definition) is 2. The maximum Gasteiger partial charge on any atom is 0.126 e. The zero-order valence-electron chi connectivity index (χ0n) is 15.4. The standard InChI is InChI=1S/C22H23F2NS/c1-14-4-5-20-19(10-14)21(15-6-8-25(3)9-7-15)22(2,26-20)16-11-17(23)13-18(24)12-16/h4-5,10-13H,6-9H2,1-3H3. The van der Waals surface area contributed by atoms with Gasteiger partial charge in [-0.15, -0.1) is 11.8 Å². The van der Waals surface area contributed by atoms with E-state index >= 15 is 0 Å². The number of halogens is 2. The minimum absolute atomic E-state index is 0.468. The van der Waals surface area contributed by atoms with Gasteiger partial charge in [0, 0.05) is 24.1 Å². The van der Waals surface area contributed by atoms with Crippen molar-refractivity contribution in [1.29, 1.82) is 0 Å². The molecule has 2 aliphatic heterocycles. The zero-order valence-corrected chi connectivity index (χ0v) is 16.2. The molecular formula is C22H23F2NS. The van der Waals surface area contributed by atoms with Crippen LogP contribution in [-0.4, -0.2) is 25.0 Å². The highest BCUT2D eigenvalue weighted by atomic mass is 32.2. The Labute approximate surface area is 158 Å². The van der Waals surface area contributed by atoms with Gasteiger partial charge in [-0.25, -0.2) is 8.78 Å². The van der Waals surface area contributed by atoms with Crippen molar-refractivity contribution in [3.05, 3.63) is 70.3 Å². The van der Waals surface area contributed by atoms with Crippen LogP contribution in [0.15, 0.2) is 46.9 Å². The lowest BCUT2D eigenvalue weighted by Gasteiger charge is -2.32. The highest BCUT2D eigenvalue weighted by Crippen LogP contribution is 2.60. The van der Waals surface area contributed by atoms with Gasteiger partial charge >= 0.3 is 0 Å². The van der Waals surface area contributed by atoms with Crippen LogP contribution in [-0.2, 0) is 4.75 Å². The molecule has 2 heterocycles. The smallest absolute Gasteiger partial charge is 0.126 e. The Morgan fingerprint density at radius 1 is 1.00 bits per heavy atom. The van der Waals surface area contributed by atoms with Gasteiger partial charge in [0.25, 0.3) is 0 Å². The van der Waals surface area contributed by atoms with Gasteiger partial charge in [-0.05, 0) is 68.6 Å². The van der Waals surface area contributed by atoms with Crippen LogP contribution in [0.1, 0.15) is 36.5 Å². The number of rotatable bonds is 1. The molecule has 0 spiro atoms. The predicted octanol–water partition coefficient (Wildman–Crippen LogP) is 5.77. The van der Waals surface area contributed by atoms with Gasteiger partial charge in [0.1, 0.15) is 11.6 Å². The molecule has 26 heavy (non-hydrogen) atoms. The second kappa shape index (κ2) is 6.50. The van der Waals surface area contributed by atoms with Gasteiger partial charge in [0.05, 0.1) is 4.75 Å². The number of likely N-dealkylation sites (tertiary alicyclic amines) is 1. The molecule has 4 rings (SSSR count). The third-order valence-corrected chi connectivity index (χ3v) is 6.98. The van der Waals surface area contributed by atoms with Gasteiger partial charge in [0.2, 0.25) is 0 Å². The quantitative estimate of drug-likeness (QED) is 0.626. The normalized spacial score (nSPS) is 23.4. The van der Waals surface area contributed by atoms with E-state index in [9.17, 15) is 8.78 Å². The molecule has 1 saturated heterocycles. The van der Waals surface area contributed by atoms with Crippen LogP contribution < -0.4 is 0 Å². The minimum atomic E-state index is -0.512. The molecule has 0 amide bonds. The molecule has 2 aliphatic rings. The summed E-state index contributed by atoms with van der Waals surface area (Å²) in [6.07, 6.45) is 2.01. The van der Waals surface area contributed by atoms with Crippen molar-refractivity contribution < 1.29 is 8.78 Å². The van der Waals surface area contributed by atoms with Gasteiger partial charge in [-0.3, -0.25) is 0 Å². The fourth-order valence-corrected chi connectivity index (χ4v) is 5.59. The summed E-state index contributed by atoms with van der Waals surface area (Å²) in [5.74, 6) is -1.02. The van der Waals surface area contributed by atoms with Crippen molar-refractivity contribution in [2.75, 3.05) is 20.1 Å². The lowest BCUT2D eigenvalue weighted by Crippen LogP contribution is -2.28. The highest BCUT2D eigenvalue weighted by Gasteiger charge is 2.42. The highest BCUT2D eigenvalue weighted by molar-refractivity contribution is 8.01. The molecular weight excluding hydrogens is 348 g/mol. The first-order valence-electron chi connectivity index (χ1n) is 9.04. The lowest BCUT2D eigenvalue weighted by atomic mass is 9.81. The Morgan fingerprint density at radius 2 is 1.65 bits per heavy atom. The molecule has 2 aromatic rings. The lowest BCUT2D eigenvalue weighted by molar-refractivity contribution is 0.312. The maximum absolute atomic E-state index is 14.0. The Kier molecular flexibility index (Phi) is 4.44. The number of piperidine rings is 1. The molecule has 4 heteroatoms. The fraction of sp³-hybridized carbons (Fsp3) is 0.364. The molecule has 1 fully saturated rings. The first kappa shape index (κ1) is 17.7. The Balaban J connectivity index is 1.92. The Morgan fingerprint density at radius 3 is 2.31 bits per heavy atom. The van der Waals surface area contributed by atoms with E-state index < -0.39 is 16.4 Å². The van der Waals surface area contributed by atoms with E-state index in [1.165, 1.54) is 39.3 Å². The second-order valence-electron chi connectivity index (χ2n) is 7.57. The largest absolute Gasteiger partial charge is 0.306 e. The van der Waals surface area contributed by atoms with E-state index in [0.717, 1.165) is 32.0 Å². The van der Waals surface area contributed by atoms with Gasteiger partial charge in [0.15, 0.2) is 0 Å². The number of aryl methyl sites for hydroxylation is 1. The summed E-state index contributed by atoms with van der Waals surface area (Å²) < 4.78 is 27.5. The number of nitrogens with zero attached hydrogens (tertiary/aromatic N) is 1. The number of benzene rings is 2. The van der Waals surface area contributed by atoms with Gasteiger partial charge < -0.3 is 4.90 Å². The molecule has 0 bridgehead atoms. The number of hydrogen-bond donors (Lipinski definition) is 0. The number of thioether (sulfide) groups is 1. The van der Waals surface area contributed by atoms with E-state index in [4.69, 9.17) is 0 Å². The summed E-state index contributed by atoms with van der Waals surface area (Å²) in [5.41, 5.74) is 5.84. The average Bonchev–Trinajstić information content (AvgIpc) is 2.88. The van der Waals surface area contributed by atoms with Crippen molar-refractivity contribution in [1.82, 2.24) is 4.90 Å². The van der Waals surface area contributed by atoms with Gasteiger partial charge in [-0.1, -0.05) is 23.3 Å². The molecule has 0 saturated carbocycles. The first-order valence-corrected chi connectivity index (χ1v) is 9.86. The molecule has 0 aromatic heterocycles. The topological polar surface area (TPSA) is 3.24 Å². The second-order valence-corrected chi connectivity index (χ2v) is 9.04. The third-order valence-electron chi connectivity index (χ3n) is 5.55. The summed E-state index contributed by atoms with van der Waals surface area (Å²) >= 11 is 1.72. The van der Waals surface area contributed by atoms with E-state index in [-0.39, 0.29) is 0 Å². The molecule has 1 unspecified atom stereocenters. The van der Waals surface area contributed by atoms with E-state index in [0.29, 0.717) is 5.56 Å². The van der Waals surface area contributed by atoms with Crippen molar-refractivity contribution in [3.63, 3.8) is 0 Å². The molecule has 1 atom stereocenters. The van der Waals surface area contributed by atoms with Crippen molar-refractivity contribution in [2.24, 2.45) is 0 Å². The SMILES string of the molecule is Cc1ccc2c(c1)C(=C1CCN(C)CC1)C(C)(c1cc(F)cc(F)c1)S2. The maximum atomic E-state index is 14.0. The monoisotopic (exact) mass is 371 g/mol. The van der Waals surface area contributed by atoms with Crippen LogP contribution in [0.3, 0.4) is 0 Å². The van der Waals surface area contributed by atoms with E-state index in [2.05, 4.69) is 44.0 Å². The third kappa shape index (κ3) is 2.99. The molecule has 136 valence electrons. The van der Waals surface area contributed by atoms with Crippen LogP contribution in [0.4, 0.5) is 8.78 Å². The van der Waals surface area contributed by atoms with Crippen LogP contribution in [0, 0.1) is 18.6 Å². The molecule has 0 aliphatic carbocycles. The van der Waals surface area contributed by atoms with Crippen LogP contribution in [0.5, 0.6) is 0 Å². The summed E-state index contributed by atoms with van der Waals surface area (Å²) in [7, 11) is 2.14. The van der Waals surface area contributed by atoms with E-state index in [1.807, 2.05) is 0 Å². The summed E-state index contributed by atoms with van der Waals surface area (Å²) in [6, 6.07) is 10.4. The van der Waals surface area contributed by atoms with Crippen molar-refractivity contribution in [3.8, 4) is 0 Å². The summed E-state index contributed by atoms with van der Waals surface area (Å²) in [5, 5.41) is 0. The zero-order chi connectivity index (χ0) is 18.5. The van der Waals surface area contributed by atoms with Crippen molar-refractivity contribution in [2.45, 2.75) is 36.3 Å². The van der Waals surface area contributed by atoms with Crippen LogP contribution >= 0.6 is 11.8 Å². The van der Waals surface area contributed by atoms with Crippen molar-refractivity contribution >= 4 is 17.3 Å². The summed E-state index contributed by atoms with van der Waals surface area (Å²) in [6.45, 7) is 6.26. The summed E-state index contributed by atoms with van der Waals surface area (Å²) in [4.78, 5) is 3.53. The molecule has 2 aromatic carbocycles. The minimum Gasteiger partial charge on any atom is -0.306 e. The average molecular weight is 371 g/mol. The van der Waals surface area contributed by atoms with Crippen LogP contribution in [0.25, 0.3) is 5.57 Å². The van der Waals surface area contributed by atoms with Crippen LogP contribution in [0.2, 0.25) is 0 Å².